The lowest BCUT2D eigenvalue weighted by Crippen LogP contribution is -2.59. The molecule has 2 aliphatic carbocycles. The smallest absolute Gasteiger partial charge is 0.246 e. The van der Waals surface area contributed by atoms with E-state index < -0.39 is 29.6 Å². The molecule has 8 nitrogen and oxygen atoms in total. The molecule has 3 amide bonds. The first kappa shape index (κ1) is 26.4. The molecule has 2 saturated carbocycles. The van der Waals surface area contributed by atoms with Gasteiger partial charge in [0, 0.05) is 23.8 Å². The first-order chi connectivity index (χ1) is 18.9. The van der Waals surface area contributed by atoms with Crippen molar-refractivity contribution in [1.29, 1.82) is 0 Å². The average molecular weight is 536 g/mol. The van der Waals surface area contributed by atoms with Crippen LogP contribution in [0, 0.1) is 17.8 Å². The SMILES string of the molecule is COc1cccc(NC(=O)[C@H]2[C@H]3C=C[C@@]4(O3)[C@H]2C(=O)N(C2CCCCCC2)[C@@H]4C(=O)N[C@@H]2CCCC[C@H]2C)c1. The molecule has 2 saturated heterocycles. The molecule has 1 spiro atoms. The van der Waals surface area contributed by atoms with Crippen LogP contribution in [-0.2, 0) is 19.1 Å². The number of benzene rings is 1. The standard InChI is InChI=1S/C31H41N3O5/c1-19-10-7-8-15-23(19)33-29(36)27-31-17-16-24(39-31)25(28(35)32-20-11-9-14-22(18-20)38-2)26(31)30(37)34(27)21-12-5-3-4-6-13-21/h9,11,14,16-19,21,23-27H,3-8,10,12-13,15H2,1-2H3,(H,32,35)(H,33,36)/t19-,23-,24-,25+,26-,27-,31-/m1/s1. The highest BCUT2D eigenvalue weighted by molar-refractivity contribution is 6.03. The average Bonchev–Trinajstić information content (AvgIpc) is 3.48. The predicted octanol–water partition coefficient (Wildman–Crippen LogP) is 4.20. The highest BCUT2D eigenvalue weighted by Gasteiger charge is 2.73. The third-order valence-corrected chi connectivity index (χ3v) is 9.86. The van der Waals surface area contributed by atoms with E-state index in [1.165, 1.54) is 6.42 Å². The van der Waals surface area contributed by atoms with Crippen molar-refractivity contribution in [3.05, 3.63) is 36.4 Å². The summed E-state index contributed by atoms with van der Waals surface area (Å²) in [7, 11) is 1.58. The maximum absolute atomic E-state index is 14.4. The van der Waals surface area contributed by atoms with Gasteiger partial charge in [-0.25, -0.2) is 0 Å². The Hall–Kier alpha value is -2.87. The van der Waals surface area contributed by atoms with Crippen molar-refractivity contribution < 1.29 is 23.9 Å². The fraction of sp³-hybridized carbons (Fsp3) is 0.645. The Bertz CT molecular complexity index is 1140. The molecule has 2 bridgehead atoms. The van der Waals surface area contributed by atoms with E-state index in [1.807, 2.05) is 29.2 Å². The number of likely N-dealkylation sites (tertiary alicyclic amines) is 1. The second-order valence-corrected chi connectivity index (χ2v) is 12.2. The summed E-state index contributed by atoms with van der Waals surface area (Å²) in [6.45, 7) is 2.20. The van der Waals surface area contributed by atoms with Crippen molar-refractivity contribution in [2.24, 2.45) is 17.8 Å². The van der Waals surface area contributed by atoms with E-state index in [0.29, 0.717) is 17.4 Å². The summed E-state index contributed by atoms with van der Waals surface area (Å²) >= 11 is 0. The zero-order valence-electron chi connectivity index (χ0n) is 23.1. The molecule has 8 heteroatoms. The zero-order chi connectivity index (χ0) is 27.1. The summed E-state index contributed by atoms with van der Waals surface area (Å²) in [6.07, 6.45) is 13.7. The summed E-state index contributed by atoms with van der Waals surface area (Å²) in [5, 5.41) is 6.33. The summed E-state index contributed by atoms with van der Waals surface area (Å²) < 4.78 is 11.9. The molecule has 5 aliphatic rings. The lowest BCUT2D eigenvalue weighted by molar-refractivity contribution is -0.144. The molecule has 1 aromatic carbocycles. The number of fused-ring (bicyclic) bond motifs is 1. The number of hydrogen-bond donors (Lipinski definition) is 2. The van der Waals surface area contributed by atoms with Crippen molar-refractivity contribution >= 4 is 23.4 Å². The molecule has 3 aliphatic heterocycles. The van der Waals surface area contributed by atoms with Crippen LogP contribution in [0.1, 0.15) is 71.1 Å². The van der Waals surface area contributed by atoms with E-state index in [4.69, 9.17) is 9.47 Å². The topological polar surface area (TPSA) is 97.0 Å². The predicted molar refractivity (Wildman–Crippen MR) is 147 cm³/mol. The van der Waals surface area contributed by atoms with E-state index in [1.54, 1.807) is 19.2 Å². The number of anilines is 1. The zero-order valence-corrected chi connectivity index (χ0v) is 23.1. The van der Waals surface area contributed by atoms with Gasteiger partial charge in [-0.05, 0) is 43.7 Å². The fourth-order valence-corrected chi connectivity index (χ4v) is 7.85. The molecular weight excluding hydrogens is 494 g/mol. The van der Waals surface area contributed by atoms with Crippen molar-refractivity contribution in [3.63, 3.8) is 0 Å². The fourth-order valence-electron chi connectivity index (χ4n) is 7.85. The van der Waals surface area contributed by atoms with Crippen LogP contribution in [0.2, 0.25) is 0 Å². The van der Waals surface area contributed by atoms with Crippen LogP contribution in [0.3, 0.4) is 0 Å². The summed E-state index contributed by atoms with van der Waals surface area (Å²) in [4.78, 5) is 44.1. The first-order valence-electron chi connectivity index (χ1n) is 14.9. The van der Waals surface area contributed by atoms with Crippen LogP contribution >= 0.6 is 0 Å². The van der Waals surface area contributed by atoms with Gasteiger partial charge in [-0.1, -0.05) is 63.7 Å². The molecule has 2 N–H and O–H groups in total. The molecule has 6 rings (SSSR count). The maximum Gasteiger partial charge on any atom is 0.246 e. The Kier molecular flexibility index (Phi) is 7.16. The lowest BCUT2D eigenvalue weighted by Gasteiger charge is -2.38. The number of nitrogens with zero attached hydrogens (tertiary/aromatic N) is 1. The Labute approximate surface area is 230 Å². The maximum atomic E-state index is 14.4. The molecule has 4 fully saturated rings. The van der Waals surface area contributed by atoms with Crippen LogP contribution in [0.15, 0.2) is 36.4 Å². The van der Waals surface area contributed by atoms with E-state index in [2.05, 4.69) is 17.6 Å². The van der Waals surface area contributed by atoms with E-state index >= 15 is 0 Å². The number of nitrogens with one attached hydrogen (secondary N) is 2. The molecule has 39 heavy (non-hydrogen) atoms. The van der Waals surface area contributed by atoms with E-state index in [9.17, 15) is 14.4 Å². The molecule has 210 valence electrons. The number of methoxy groups -OCH3 is 1. The summed E-state index contributed by atoms with van der Waals surface area (Å²) in [5.41, 5.74) is -0.515. The minimum absolute atomic E-state index is 0.0161. The molecule has 0 radical (unpaired) electrons. The molecule has 3 heterocycles. The molecule has 0 aromatic heterocycles. The third kappa shape index (κ3) is 4.54. The van der Waals surface area contributed by atoms with Crippen LogP contribution in [0.25, 0.3) is 0 Å². The summed E-state index contributed by atoms with van der Waals surface area (Å²) in [6, 6.07) is 6.51. The Morgan fingerprint density at radius 3 is 2.51 bits per heavy atom. The number of hydrogen-bond acceptors (Lipinski definition) is 5. The Morgan fingerprint density at radius 2 is 1.77 bits per heavy atom. The van der Waals surface area contributed by atoms with Crippen molar-refractivity contribution in [3.8, 4) is 5.75 Å². The first-order valence-corrected chi connectivity index (χ1v) is 14.9. The Balaban J connectivity index is 1.32. The minimum atomic E-state index is -1.12. The van der Waals surface area contributed by atoms with E-state index in [-0.39, 0.29) is 29.8 Å². The summed E-state index contributed by atoms with van der Waals surface area (Å²) in [5.74, 6) is -0.894. The molecule has 7 atom stereocenters. The number of rotatable bonds is 6. The van der Waals surface area contributed by atoms with Gasteiger partial charge in [0.15, 0.2) is 0 Å². The van der Waals surface area contributed by atoms with Crippen LogP contribution in [0.5, 0.6) is 5.75 Å². The number of ether oxygens (including phenoxy) is 2. The molecule has 1 aromatic rings. The van der Waals surface area contributed by atoms with Gasteiger partial charge < -0.3 is 25.0 Å². The van der Waals surface area contributed by atoms with Gasteiger partial charge in [0.05, 0.1) is 25.0 Å². The van der Waals surface area contributed by atoms with Gasteiger partial charge in [-0.3, -0.25) is 14.4 Å². The van der Waals surface area contributed by atoms with Crippen LogP contribution < -0.4 is 15.4 Å². The highest BCUT2D eigenvalue weighted by Crippen LogP contribution is 2.56. The van der Waals surface area contributed by atoms with Crippen LogP contribution in [0.4, 0.5) is 5.69 Å². The number of carbonyl (C=O) groups excluding carboxylic acids is 3. The largest absolute Gasteiger partial charge is 0.497 e. The van der Waals surface area contributed by atoms with Crippen molar-refractivity contribution in [2.45, 2.75) is 101 Å². The van der Waals surface area contributed by atoms with Gasteiger partial charge in [-0.15, -0.1) is 0 Å². The van der Waals surface area contributed by atoms with Gasteiger partial charge in [0.25, 0.3) is 0 Å². The highest BCUT2D eigenvalue weighted by atomic mass is 16.5. The normalized spacial score (nSPS) is 35.9. The van der Waals surface area contributed by atoms with Gasteiger partial charge in [0.2, 0.25) is 17.7 Å². The van der Waals surface area contributed by atoms with Crippen LogP contribution in [-0.4, -0.2) is 59.6 Å². The van der Waals surface area contributed by atoms with Gasteiger partial charge in [-0.2, -0.15) is 0 Å². The minimum Gasteiger partial charge on any atom is -0.497 e. The molecule has 0 unspecified atom stereocenters. The second kappa shape index (κ2) is 10.6. The Morgan fingerprint density at radius 1 is 1.03 bits per heavy atom. The van der Waals surface area contributed by atoms with E-state index in [0.717, 1.165) is 57.8 Å². The van der Waals surface area contributed by atoms with Gasteiger partial charge in [0.1, 0.15) is 17.4 Å². The lowest BCUT2D eigenvalue weighted by atomic mass is 9.74. The van der Waals surface area contributed by atoms with Gasteiger partial charge >= 0.3 is 0 Å². The van der Waals surface area contributed by atoms with Crippen molar-refractivity contribution in [1.82, 2.24) is 10.2 Å². The monoisotopic (exact) mass is 535 g/mol. The second-order valence-electron chi connectivity index (χ2n) is 12.2. The number of carbonyl (C=O) groups is 3. The van der Waals surface area contributed by atoms with Crippen molar-refractivity contribution in [2.75, 3.05) is 12.4 Å². The third-order valence-electron chi connectivity index (χ3n) is 9.86. The molecular formula is C31H41N3O5. The quantitative estimate of drug-likeness (QED) is 0.420. The number of amides is 3.